The SMILES string of the molecule is CCC(C)S(=O)(=O)C(C(F)(F)F)C(F)(F)F. The van der Waals surface area contributed by atoms with Crippen LogP contribution in [-0.2, 0) is 9.84 Å². The predicted octanol–water partition coefficient (Wildman–Crippen LogP) is 2.69. The van der Waals surface area contributed by atoms with Crippen molar-refractivity contribution in [3.05, 3.63) is 0 Å². The van der Waals surface area contributed by atoms with Gasteiger partial charge in [-0.25, -0.2) is 8.42 Å². The molecule has 0 aliphatic carbocycles. The molecule has 0 N–H and O–H groups in total. The summed E-state index contributed by atoms with van der Waals surface area (Å²) in [7, 11) is -5.32. The lowest BCUT2D eigenvalue weighted by atomic mass is 10.4. The maximum atomic E-state index is 12.1. The van der Waals surface area contributed by atoms with Gasteiger partial charge >= 0.3 is 12.4 Å². The highest BCUT2D eigenvalue weighted by atomic mass is 32.2. The van der Waals surface area contributed by atoms with Gasteiger partial charge in [-0.05, 0) is 13.3 Å². The predicted molar refractivity (Wildman–Crippen MR) is 44.6 cm³/mol. The Morgan fingerprint density at radius 3 is 1.50 bits per heavy atom. The minimum Gasteiger partial charge on any atom is -0.228 e. The highest BCUT2D eigenvalue weighted by Crippen LogP contribution is 2.40. The van der Waals surface area contributed by atoms with Crippen molar-refractivity contribution in [1.29, 1.82) is 0 Å². The number of hydrogen-bond donors (Lipinski definition) is 0. The van der Waals surface area contributed by atoms with Crippen LogP contribution < -0.4 is 0 Å². The van der Waals surface area contributed by atoms with Gasteiger partial charge in [-0.2, -0.15) is 26.3 Å². The average molecular weight is 272 g/mol. The first-order chi connectivity index (χ1) is 6.85. The fourth-order valence-corrected chi connectivity index (χ4v) is 2.70. The molecule has 98 valence electrons. The van der Waals surface area contributed by atoms with Gasteiger partial charge in [0.1, 0.15) is 0 Å². The van der Waals surface area contributed by atoms with Crippen molar-refractivity contribution in [3.8, 4) is 0 Å². The minimum absolute atomic E-state index is 0.314. The van der Waals surface area contributed by atoms with Crippen LogP contribution in [0, 0.1) is 0 Å². The highest BCUT2D eigenvalue weighted by molar-refractivity contribution is 7.92. The molecule has 2 nitrogen and oxygen atoms in total. The Hall–Kier alpha value is -0.470. The molecule has 0 saturated carbocycles. The maximum Gasteiger partial charge on any atom is 0.414 e. The zero-order chi connectivity index (χ0) is 13.4. The molecule has 1 atom stereocenters. The van der Waals surface area contributed by atoms with E-state index in [9.17, 15) is 34.8 Å². The van der Waals surface area contributed by atoms with Crippen molar-refractivity contribution in [3.63, 3.8) is 0 Å². The molecule has 0 aliphatic rings. The quantitative estimate of drug-likeness (QED) is 0.740. The largest absolute Gasteiger partial charge is 0.414 e. The summed E-state index contributed by atoms with van der Waals surface area (Å²) in [6, 6.07) is 0. The van der Waals surface area contributed by atoms with Gasteiger partial charge in [0.05, 0.1) is 5.25 Å². The van der Waals surface area contributed by atoms with E-state index in [1.165, 1.54) is 6.92 Å². The number of alkyl halides is 6. The van der Waals surface area contributed by atoms with Gasteiger partial charge in [-0.1, -0.05) is 6.92 Å². The Bertz CT molecular complexity index is 314. The van der Waals surface area contributed by atoms with Gasteiger partial charge < -0.3 is 0 Å². The van der Waals surface area contributed by atoms with Crippen molar-refractivity contribution in [1.82, 2.24) is 0 Å². The zero-order valence-electron chi connectivity index (χ0n) is 8.35. The third-order valence-electron chi connectivity index (χ3n) is 2.06. The van der Waals surface area contributed by atoms with E-state index < -0.39 is 32.7 Å². The molecule has 0 saturated heterocycles. The third-order valence-corrected chi connectivity index (χ3v) is 4.71. The summed E-state index contributed by atoms with van der Waals surface area (Å²) in [4.78, 5) is 0. The van der Waals surface area contributed by atoms with Crippen molar-refractivity contribution in [2.45, 2.75) is 43.1 Å². The molecule has 0 amide bonds. The molecule has 9 heteroatoms. The first-order valence-electron chi connectivity index (χ1n) is 4.21. The molecule has 0 aromatic rings. The van der Waals surface area contributed by atoms with E-state index in [0.717, 1.165) is 6.92 Å². The number of hydrogen-bond acceptors (Lipinski definition) is 2. The Labute approximate surface area is 88.5 Å². The third kappa shape index (κ3) is 3.26. The first-order valence-corrected chi connectivity index (χ1v) is 5.82. The molecule has 0 fully saturated rings. The summed E-state index contributed by atoms with van der Waals surface area (Å²) in [5.41, 5.74) is 0. The smallest absolute Gasteiger partial charge is 0.228 e. The molecule has 0 radical (unpaired) electrons. The van der Waals surface area contributed by atoms with Crippen LogP contribution in [0.1, 0.15) is 20.3 Å². The summed E-state index contributed by atoms with van der Waals surface area (Å²) >= 11 is 0. The van der Waals surface area contributed by atoms with Crippen LogP contribution in [0.15, 0.2) is 0 Å². The van der Waals surface area contributed by atoms with Gasteiger partial charge in [0.25, 0.3) is 5.25 Å². The van der Waals surface area contributed by atoms with E-state index in [2.05, 4.69) is 0 Å². The Balaban J connectivity index is 5.57. The van der Waals surface area contributed by atoms with Crippen LogP contribution in [0.5, 0.6) is 0 Å². The molecule has 0 rings (SSSR count). The lowest BCUT2D eigenvalue weighted by Crippen LogP contribution is -2.50. The van der Waals surface area contributed by atoms with Gasteiger partial charge in [0.2, 0.25) is 0 Å². The second-order valence-corrected chi connectivity index (χ2v) is 5.73. The van der Waals surface area contributed by atoms with Gasteiger partial charge in [-0.15, -0.1) is 0 Å². The topological polar surface area (TPSA) is 34.1 Å². The van der Waals surface area contributed by atoms with Crippen molar-refractivity contribution in [2.24, 2.45) is 0 Å². The highest BCUT2D eigenvalue weighted by Gasteiger charge is 2.64. The Morgan fingerprint density at radius 2 is 1.31 bits per heavy atom. The molecule has 0 spiro atoms. The van der Waals surface area contributed by atoms with Crippen LogP contribution in [0.25, 0.3) is 0 Å². The van der Waals surface area contributed by atoms with E-state index >= 15 is 0 Å². The minimum atomic E-state index is -5.85. The summed E-state index contributed by atoms with van der Waals surface area (Å²) in [6.45, 7) is 2.02. The van der Waals surface area contributed by atoms with Crippen LogP contribution in [0.4, 0.5) is 26.3 Å². The molecule has 0 aromatic carbocycles. The van der Waals surface area contributed by atoms with Gasteiger partial charge in [-0.3, -0.25) is 0 Å². The molecule has 0 aromatic heterocycles. The van der Waals surface area contributed by atoms with Crippen LogP contribution >= 0.6 is 0 Å². The molecule has 16 heavy (non-hydrogen) atoms. The monoisotopic (exact) mass is 272 g/mol. The summed E-state index contributed by atoms with van der Waals surface area (Å²) in [5, 5.41) is -6.00. The number of sulfone groups is 1. The lowest BCUT2D eigenvalue weighted by molar-refractivity contribution is -0.226. The van der Waals surface area contributed by atoms with E-state index in [0.29, 0.717) is 0 Å². The molecule has 1 unspecified atom stereocenters. The van der Waals surface area contributed by atoms with E-state index in [4.69, 9.17) is 0 Å². The van der Waals surface area contributed by atoms with E-state index in [1.54, 1.807) is 0 Å². The van der Waals surface area contributed by atoms with Crippen LogP contribution in [-0.4, -0.2) is 31.3 Å². The molecular formula is C7H10F6O2S. The van der Waals surface area contributed by atoms with Crippen LogP contribution in [0.2, 0.25) is 0 Å². The number of rotatable bonds is 3. The molecule has 0 aliphatic heterocycles. The fraction of sp³-hybridized carbons (Fsp3) is 1.00. The average Bonchev–Trinajstić information content (AvgIpc) is 1.95. The lowest BCUT2D eigenvalue weighted by Gasteiger charge is -2.25. The van der Waals surface area contributed by atoms with Crippen molar-refractivity contribution in [2.75, 3.05) is 0 Å². The maximum absolute atomic E-state index is 12.1. The number of halogens is 6. The molecular weight excluding hydrogens is 262 g/mol. The van der Waals surface area contributed by atoms with Gasteiger partial charge in [0, 0.05) is 0 Å². The normalized spacial score (nSPS) is 16.6. The fourth-order valence-electron chi connectivity index (χ4n) is 1.02. The first kappa shape index (κ1) is 15.5. The second kappa shape index (κ2) is 4.42. The standard InChI is InChI=1S/C7H10F6O2S/c1-3-4(2)16(14,15)5(6(8,9)10)7(11,12)13/h4-5H,3H2,1-2H3. The van der Waals surface area contributed by atoms with Crippen molar-refractivity contribution >= 4 is 9.84 Å². The van der Waals surface area contributed by atoms with Gasteiger partial charge in [0.15, 0.2) is 9.84 Å². The Morgan fingerprint density at radius 1 is 1.00 bits per heavy atom. The van der Waals surface area contributed by atoms with Crippen molar-refractivity contribution < 1.29 is 34.8 Å². The molecule has 0 heterocycles. The molecule has 0 bridgehead atoms. The Kier molecular flexibility index (Phi) is 4.29. The summed E-state index contributed by atoms with van der Waals surface area (Å²) in [6.07, 6.45) is -12.0. The van der Waals surface area contributed by atoms with E-state index in [1.807, 2.05) is 0 Å². The van der Waals surface area contributed by atoms with Crippen LogP contribution in [0.3, 0.4) is 0 Å². The summed E-state index contributed by atoms with van der Waals surface area (Å²) in [5.74, 6) is 0. The second-order valence-electron chi connectivity index (χ2n) is 3.27. The summed E-state index contributed by atoms with van der Waals surface area (Å²) < 4.78 is 94.9. The zero-order valence-corrected chi connectivity index (χ0v) is 9.17. The van der Waals surface area contributed by atoms with E-state index in [-0.39, 0.29) is 6.42 Å².